The molecule has 1 spiro atoms. The summed E-state index contributed by atoms with van der Waals surface area (Å²) in [5.41, 5.74) is 2.43. The normalized spacial score (nSPS) is 22.8. The van der Waals surface area contributed by atoms with E-state index in [1.165, 1.54) is 11.3 Å². The Morgan fingerprint density at radius 3 is 2.72 bits per heavy atom. The Hall–Kier alpha value is -2.88. The second-order valence-corrected chi connectivity index (χ2v) is 7.27. The topological polar surface area (TPSA) is 37.7 Å². The minimum absolute atomic E-state index is 0.241. The summed E-state index contributed by atoms with van der Waals surface area (Å²) >= 11 is 0. The second-order valence-electron chi connectivity index (χ2n) is 7.27. The molecule has 0 saturated heterocycles. The van der Waals surface area contributed by atoms with Gasteiger partial charge in [0.1, 0.15) is 5.69 Å². The highest BCUT2D eigenvalue weighted by molar-refractivity contribution is 5.96. The maximum absolute atomic E-state index is 6.75. The van der Waals surface area contributed by atoms with Crippen LogP contribution in [0, 0.1) is 0 Å². The van der Waals surface area contributed by atoms with Crippen LogP contribution in [0.25, 0.3) is 10.8 Å². The van der Waals surface area contributed by atoms with Crippen LogP contribution >= 0.6 is 0 Å². The van der Waals surface area contributed by atoms with Crippen molar-refractivity contribution in [3.05, 3.63) is 60.4 Å². The number of aliphatic imine (C=N–C) groups is 1. The lowest BCUT2D eigenvalue weighted by molar-refractivity contribution is 0.0842. The molecular weight excluding hydrogens is 310 g/mol. The van der Waals surface area contributed by atoms with Gasteiger partial charge in [-0.3, -0.25) is 9.98 Å². The molecule has 0 fully saturated rings. The number of para-hydroxylation sites is 1. The molecule has 0 saturated carbocycles. The van der Waals surface area contributed by atoms with E-state index in [4.69, 9.17) is 9.73 Å². The molecule has 0 N–H and O–H groups in total. The van der Waals surface area contributed by atoms with Crippen LogP contribution in [0.5, 0.6) is 5.75 Å². The number of likely N-dealkylation sites (N-methyl/N-ethyl adjacent to an activating group) is 1. The SMILES string of the molecule is CN1c2ccccc2C(C)(C)C12C=Nc1ccc3cnccc3c1O2. The number of benzene rings is 2. The van der Waals surface area contributed by atoms with Gasteiger partial charge in [-0.1, -0.05) is 24.3 Å². The molecular formula is C21H19N3O. The summed E-state index contributed by atoms with van der Waals surface area (Å²) in [6.07, 6.45) is 5.62. The highest BCUT2D eigenvalue weighted by atomic mass is 16.5. The number of hydrogen-bond donors (Lipinski definition) is 0. The van der Waals surface area contributed by atoms with E-state index in [9.17, 15) is 0 Å². The Morgan fingerprint density at radius 1 is 1.04 bits per heavy atom. The molecule has 0 amide bonds. The van der Waals surface area contributed by atoms with Gasteiger partial charge in [0.25, 0.3) is 0 Å². The molecule has 1 unspecified atom stereocenters. The minimum atomic E-state index is -0.652. The first kappa shape index (κ1) is 14.5. The first-order valence-corrected chi connectivity index (χ1v) is 8.49. The van der Waals surface area contributed by atoms with Gasteiger partial charge in [0.05, 0.1) is 11.6 Å². The van der Waals surface area contributed by atoms with Gasteiger partial charge in [-0.2, -0.15) is 0 Å². The van der Waals surface area contributed by atoms with Crippen LogP contribution in [0.1, 0.15) is 19.4 Å². The fourth-order valence-corrected chi connectivity index (χ4v) is 4.21. The molecule has 0 bridgehead atoms. The zero-order chi connectivity index (χ0) is 17.2. The fraction of sp³-hybridized carbons (Fsp3) is 0.238. The van der Waals surface area contributed by atoms with Crippen LogP contribution in [0.15, 0.2) is 59.9 Å². The number of anilines is 1. The fourth-order valence-electron chi connectivity index (χ4n) is 4.21. The molecule has 4 heteroatoms. The maximum atomic E-state index is 6.75. The lowest BCUT2D eigenvalue weighted by atomic mass is 9.77. The molecule has 3 heterocycles. The average molecular weight is 329 g/mol. The van der Waals surface area contributed by atoms with Crippen molar-refractivity contribution >= 4 is 28.4 Å². The second kappa shape index (κ2) is 4.60. The molecule has 5 rings (SSSR count). The van der Waals surface area contributed by atoms with Gasteiger partial charge in [0, 0.05) is 35.9 Å². The lowest BCUT2D eigenvalue weighted by Gasteiger charge is -2.45. The summed E-state index contributed by atoms with van der Waals surface area (Å²) in [7, 11) is 2.08. The van der Waals surface area contributed by atoms with Crippen LogP contribution in [-0.2, 0) is 5.41 Å². The third-order valence-corrected chi connectivity index (χ3v) is 5.72. The Kier molecular flexibility index (Phi) is 2.66. The molecule has 4 nitrogen and oxygen atoms in total. The third kappa shape index (κ3) is 1.66. The molecule has 1 aromatic heterocycles. The standard InChI is InChI=1S/C21H19N3O/c1-20(2)16-6-4-5-7-18(16)24(3)21(20)13-23-17-9-8-14-12-22-11-10-15(14)19(17)25-21/h4-13H,1-3H3. The summed E-state index contributed by atoms with van der Waals surface area (Å²) in [4.78, 5) is 11.2. The first-order valence-electron chi connectivity index (χ1n) is 8.49. The number of rotatable bonds is 0. The van der Waals surface area contributed by atoms with Gasteiger partial charge in [-0.05, 0) is 37.6 Å². The molecule has 124 valence electrons. The summed E-state index contributed by atoms with van der Waals surface area (Å²) in [6.45, 7) is 4.44. The summed E-state index contributed by atoms with van der Waals surface area (Å²) < 4.78 is 6.75. The summed E-state index contributed by atoms with van der Waals surface area (Å²) in [6, 6.07) is 14.5. The predicted octanol–water partition coefficient (Wildman–Crippen LogP) is 4.45. The number of aromatic nitrogens is 1. The molecule has 2 aliphatic rings. The largest absolute Gasteiger partial charge is 0.459 e. The molecule has 2 aromatic carbocycles. The lowest BCUT2D eigenvalue weighted by Crippen LogP contribution is -2.61. The van der Waals surface area contributed by atoms with Gasteiger partial charge >= 0.3 is 0 Å². The van der Waals surface area contributed by atoms with Crippen molar-refractivity contribution in [3.8, 4) is 5.75 Å². The van der Waals surface area contributed by atoms with Crippen LogP contribution in [-0.4, -0.2) is 24.0 Å². The van der Waals surface area contributed by atoms with Crippen molar-refractivity contribution in [2.75, 3.05) is 11.9 Å². The van der Waals surface area contributed by atoms with Crippen LogP contribution in [0.4, 0.5) is 11.4 Å². The summed E-state index contributed by atoms with van der Waals surface area (Å²) in [5.74, 6) is 0.829. The Labute approximate surface area is 146 Å². The maximum Gasteiger partial charge on any atom is 0.228 e. The first-order chi connectivity index (χ1) is 12.0. The van der Waals surface area contributed by atoms with E-state index < -0.39 is 5.72 Å². The van der Waals surface area contributed by atoms with Crippen molar-refractivity contribution in [1.29, 1.82) is 0 Å². The Balaban J connectivity index is 1.75. The number of hydrogen-bond acceptors (Lipinski definition) is 4. The van der Waals surface area contributed by atoms with Crippen molar-refractivity contribution in [1.82, 2.24) is 4.98 Å². The van der Waals surface area contributed by atoms with Gasteiger partial charge in [0.2, 0.25) is 5.72 Å². The van der Waals surface area contributed by atoms with Crippen LogP contribution in [0.2, 0.25) is 0 Å². The van der Waals surface area contributed by atoms with Crippen LogP contribution < -0.4 is 9.64 Å². The van der Waals surface area contributed by atoms with Gasteiger partial charge < -0.3 is 9.64 Å². The van der Waals surface area contributed by atoms with E-state index in [-0.39, 0.29) is 5.41 Å². The van der Waals surface area contributed by atoms with Crippen molar-refractivity contribution in [3.63, 3.8) is 0 Å². The zero-order valence-electron chi connectivity index (χ0n) is 14.5. The highest BCUT2D eigenvalue weighted by Crippen LogP contribution is 2.54. The molecule has 25 heavy (non-hydrogen) atoms. The van der Waals surface area contributed by atoms with Crippen molar-refractivity contribution in [2.24, 2.45) is 4.99 Å². The summed E-state index contributed by atoms with van der Waals surface area (Å²) in [5, 5.41) is 2.10. The van der Waals surface area contributed by atoms with E-state index in [2.05, 4.69) is 55.0 Å². The van der Waals surface area contributed by atoms with Gasteiger partial charge in [-0.25, -0.2) is 0 Å². The zero-order valence-corrected chi connectivity index (χ0v) is 14.5. The minimum Gasteiger partial charge on any atom is -0.459 e. The number of pyridine rings is 1. The van der Waals surface area contributed by atoms with Gasteiger partial charge in [-0.15, -0.1) is 0 Å². The molecule has 0 radical (unpaired) electrons. The van der Waals surface area contributed by atoms with Crippen LogP contribution in [0.3, 0.4) is 0 Å². The average Bonchev–Trinajstić information content (AvgIpc) is 2.81. The van der Waals surface area contributed by atoms with E-state index >= 15 is 0 Å². The Bertz CT molecular complexity index is 1040. The smallest absolute Gasteiger partial charge is 0.228 e. The highest BCUT2D eigenvalue weighted by Gasteiger charge is 2.58. The Morgan fingerprint density at radius 2 is 1.88 bits per heavy atom. The third-order valence-electron chi connectivity index (χ3n) is 5.72. The van der Waals surface area contributed by atoms with Crippen molar-refractivity contribution in [2.45, 2.75) is 25.0 Å². The van der Waals surface area contributed by atoms with Gasteiger partial charge in [0.15, 0.2) is 5.75 Å². The number of ether oxygens (including phenoxy) is 1. The van der Waals surface area contributed by atoms with E-state index in [1.54, 1.807) is 6.20 Å². The number of nitrogens with zero attached hydrogens (tertiary/aromatic N) is 3. The van der Waals surface area contributed by atoms with E-state index in [1.807, 2.05) is 30.6 Å². The van der Waals surface area contributed by atoms with E-state index in [0.717, 1.165) is 22.2 Å². The van der Waals surface area contributed by atoms with Crippen molar-refractivity contribution < 1.29 is 4.74 Å². The molecule has 0 aliphatic carbocycles. The molecule has 3 aromatic rings. The monoisotopic (exact) mass is 329 g/mol. The predicted molar refractivity (Wildman–Crippen MR) is 101 cm³/mol. The quantitative estimate of drug-likeness (QED) is 0.611. The molecule has 1 atom stereocenters. The molecule has 2 aliphatic heterocycles. The number of fused-ring (bicyclic) bond motifs is 4. The van der Waals surface area contributed by atoms with E-state index in [0.29, 0.717) is 0 Å².